The number of oxime groups is 2. The van der Waals surface area contributed by atoms with Gasteiger partial charge < -0.3 is 10.0 Å². The molecule has 1 aliphatic carbocycles. The zero-order chi connectivity index (χ0) is 20.1. The molecule has 0 amide bonds. The Morgan fingerprint density at radius 1 is 1.07 bits per heavy atom. The summed E-state index contributed by atoms with van der Waals surface area (Å²) >= 11 is 11.8. The molecule has 0 bridgehead atoms. The van der Waals surface area contributed by atoms with E-state index in [1.165, 1.54) is 18.2 Å². The maximum absolute atomic E-state index is 14.1. The molecule has 2 aromatic carbocycles. The van der Waals surface area contributed by atoms with E-state index in [1.54, 1.807) is 18.2 Å². The monoisotopic (exact) mass is 428 g/mol. The van der Waals surface area contributed by atoms with Gasteiger partial charge in [0.2, 0.25) is 0 Å². The number of rotatable bonds is 2. The molecule has 0 saturated carbocycles. The van der Waals surface area contributed by atoms with E-state index >= 15 is 0 Å². The van der Waals surface area contributed by atoms with Crippen LogP contribution in [-0.4, -0.2) is 22.8 Å². The number of alkyl halides is 3. The van der Waals surface area contributed by atoms with Gasteiger partial charge in [-0.3, -0.25) is 0 Å². The van der Waals surface area contributed by atoms with Gasteiger partial charge in [-0.05, 0) is 42.7 Å². The Hall–Kier alpha value is -2.25. The fourth-order valence-corrected chi connectivity index (χ4v) is 4.11. The fourth-order valence-electron chi connectivity index (χ4n) is 3.58. The van der Waals surface area contributed by atoms with Crippen LogP contribution < -0.4 is 0 Å². The van der Waals surface area contributed by atoms with E-state index in [9.17, 15) is 13.2 Å². The van der Waals surface area contributed by atoms with Crippen LogP contribution in [0.15, 0.2) is 46.7 Å². The molecule has 0 radical (unpaired) electrons. The Kier molecular flexibility index (Phi) is 4.55. The molecular formula is C19H13Cl2F3N2O2. The zero-order valence-electron chi connectivity index (χ0n) is 14.2. The molecule has 1 atom stereocenters. The van der Waals surface area contributed by atoms with E-state index in [1.807, 2.05) is 0 Å². The molecule has 0 spiro atoms. The minimum Gasteiger partial charge on any atom is -0.411 e. The fraction of sp³-hybridized carbons (Fsp3) is 0.263. The van der Waals surface area contributed by atoms with Crippen molar-refractivity contribution < 1.29 is 23.2 Å². The Labute approximate surface area is 168 Å². The number of nitrogens with zero attached hydrogens (tertiary/aromatic N) is 2. The third-order valence-electron chi connectivity index (χ3n) is 5.02. The van der Waals surface area contributed by atoms with E-state index in [0.29, 0.717) is 29.7 Å². The molecule has 2 aliphatic rings. The number of halogens is 5. The first-order chi connectivity index (χ1) is 13.2. The lowest BCUT2D eigenvalue weighted by Gasteiger charge is -2.29. The van der Waals surface area contributed by atoms with Crippen molar-refractivity contribution in [2.45, 2.75) is 31.0 Å². The molecule has 1 aliphatic heterocycles. The van der Waals surface area contributed by atoms with Gasteiger partial charge >= 0.3 is 6.18 Å². The molecule has 1 unspecified atom stereocenters. The van der Waals surface area contributed by atoms with Crippen molar-refractivity contribution in [2.24, 2.45) is 10.3 Å². The molecule has 0 aromatic heterocycles. The molecule has 28 heavy (non-hydrogen) atoms. The second-order valence-electron chi connectivity index (χ2n) is 6.71. The number of fused-ring (bicyclic) bond motifs is 1. The molecule has 0 fully saturated rings. The average molecular weight is 429 g/mol. The maximum Gasteiger partial charge on any atom is 0.435 e. The van der Waals surface area contributed by atoms with Crippen LogP contribution >= 0.6 is 23.2 Å². The summed E-state index contributed by atoms with van der Waals surface area (Å²) in [4.78, 5) is 5.01. The van der Waals surface area contributed by atoms with E-state index in [2.05, 4.69) is 10.3 Å². The van der Waals surface area contributed by atoms with Gasteiger partial charge in [0.1, 0.15) is 0 Å². The summed E-state index contributed by atoms with van der Waals surface area (Å²) < 4.78 is 42.2. The summed E-state index contributed by atoms with van der Waals surface area (Å²) in [5.74, 6) is 0. The highest BCUT2D eigenvalue weighted by Crippen LogP contribution is 2.49. The van der Waals surface area contributed by atoms with Crippen LogP contribution in [0.1, 0.15) is 35.1 Å². The SMILES string of the molecule is O/N=C1/CCc2ccc(C3=NOC(c4cc(Cl)cc(Cl)c4)(C(F)(F)F)C3)cc21. The van der Waals surface area contributed by atoms with Gasteiger partial charge in [-0.2, -0.15) is 13.2 Å². The molecule has 146 valence electrons. The highest BCUT2D eigenvalue weighted by Gasteiger charge is 2.62. The Balaban J connectivity index is 1.74. The summed E-state index contributed by atoms with van der Waals surface area (Å²) in [6.07, 6.45) is -3.99. The van der Waals surface area contributed by atoms with Gasteiger partial charge in [-0.15, -0.1) is 0 Å². The Morgan fingerprint density at radius 2 is 1.79 bits per heavy atom. The topological polar surface area (TPSA) is 54.2 Å². The van der Waals surface area contributed by atoms with Gasteiger partial charge in [0.25, 0.3) is 5.60 Å². The molecule has 4 nitrogen and oxygen atoms in total. The molecule has 9 heteroatoms. The zero-order valence-corrected chi connectivity index (χ0v) is 15.7. The van der Waals surface area contributed by atoms with Crippen molar-refractivity contribution in [1.82, 2.24) is 0 Å². The van der Waals surface area contributed by atoms with E-state index in [0.717, 1.165) is 5.56 Å². The van der Waals surface area contributed by atoms with Crippen molar-refractivity contribution in [2.75, 3.05) is 0 Å². The van der Waals surface area contributed by atoms with Crippen molar-refractivity contribution in [3.05, 3.63) is 68.7 Å². The molecule has 4 rings (SSSR count). The highest BCUT2D eigenvalue weighted by molar-refractivity contribution is 6.34. The molecule has 1 heterocycles. The van der Waals surface area contributed by atoms with Gasteiger partial charge in [0.15, 0.2) is 0 Å². The third kappa shape index (κ3) is 3.02. The van der Waals surface area contributed by atoms with E-state index in [4.69, 9.17) is 33.2 Å². The van der Waals surface area contributed by atoms with Crippen molar-refractivity contribution in [3.8, 4) is 0 Å². The van der Waals surface area contributed by atoms with Gasteiger partial charge in [-0.25, -0.2) is 0 Å². The second-order valence-corrected chi connectivity index (χ2v) is 7.58. The van der Waals surface area contributed by atoms with Crippen LogP contribution in [0, 0.1) is 0 Å². The van der Waals surface area contributed by atoms with Crippen molar-refractivity contribution in [1.29, 1.82) is 0 Å². The Bertz CT molecular complexity index is 1000. The average Bonchev–Trinajstić information content (AvgIpc) is 3.25. The van der Waals surface area contributed by atoms with Crippen molar-refractivity contribution in [3.63, 3.8) is 0 Å². The maximum atomic E-state index is 14.1. The number of benzene rings is 2. The van der Waals surface area contributed by atoms with Crippen LogP contribution in [0.25, 0.3) is 0 Å². The van der Waals surface area contributed by atoms with Crippen LogP contribution in [-0.2, 0) is 16.9 Å². The van der Waals surface area contributed by atoms with Crippen molar-refractivity contribution >= 4 is 34.6 Å². The summed E-state index contributed by atoms with van der Waals surface area (Å²) in [6.45, 7) is 0. The smallest absolute Gasteiger partial charge is 0.411 e. The lowest BCUT2D eigenvalue weighted by atomic mass is 9.86. The molecule has 0 saturated heterocycles. The predicted molar refractivity (Wildman–Crippen MR) is 99.5 cm³/mol. The summed E-state index contributed by atoms with van der Waals surface area (Å²) in [7, 11) is 0. The largest absolute Gasteiger partial charge is 0.435 e. The third-order valence-corrected chi connectivity index (χ3v) is 5.46. The first-order valence-electron chi connectivity index (χ1n) is 8.36. The lowest BCUT2D eigenvalue weighted by Crippen LogP contribution is -2.42. The lowest BCUT2D eigenvalue weighted by molar-refractivity contribution is -0.275. The predicted octanol–water partition coefficient (Wildman–Crippen LogP) is 5.70. The minimum atomic E-state index is -4.75. The van der Waals surface area contributed by atoms with Gasteiger partial charge in [0, 0.05) is 33.2 Å². The van der Waals surface area contributed by atoms with Crippen LogP contribution in [0.3, 0.4) is 0 Å². The second kappa shape index (κ2) is 6.67. The summed E-state index contributed by atoms with van der Waals surface area (Å²) in [5, 5.41) is 16.3. The quantitative estimate of drug-likeness (QED) is 0.492. The van der Waals surface area contributed by atoms with E-state index in [-0.39, 0.29) is 21.3 Å². The highest BCUT2D eigenvalue weighted by atomic mass is 35.5. The summed E-state index contributed by atoms with van der Waals surface area (Å²) in [5.41, 5.74) is -0.0987. The molecular weight excluding hydrogens is 416 g/mol. The first kappa shape index (κ1) is 19.1. The molecule has 1 N–H and O–H groups in total. The van der Waals surface area contributed by atoms with E-state index < -0.39 is 18.2 Å². The minimum absolute atomic E-state index is 0.0736. The Morgan fingerprint density at radius 3 is 2.43 bits per heavy atom. The van der Waals surface area contributed by atoms with Gasteiger partial charge in [-0.1, -0.05) is 45.6 Å². The number of aryl methyl sites for hydroxylation is 1. The molecule has 2 aromatic rings. The number of hydrogen-bond donors (Lipinski definition) is 1. The first-order valence-corrected chi connectivity index (χ1v) is 9.12. The summed E-state index contributed by atoms with van der Waals surface area (Å²) in [6, 6.07) is 8.88. The van der Waals surface area contributed by atoms with Crippen LogP contribution in [0.4, 0.5) is 13.2 Å². The normalized spacial score (nSPS) is 22.9. The van der Waals surface area contributed by atoms with Gasteiger partial charge in [0.05, 0.1) is 11.4 Å². The number of hydrogen-bond acceptors (Lipinski definition) is 4. The standard InChI is InChI=1S/C19H13Cl2F3N2O2/c20-13-6-12(7-14(21)8-13)18(19(22,23)24)9-17(26-28-18)11-2-1-10-3-4-16(25-27)15(10)5-11/h1-2,5-8,27H,3-4,9H2/b25-16-. The van der Waals surface area contributed by atoms with Crippen LogP contribution in [0.2, 0.25) is 10.0 Å². The van der Waals surface area contributed by atoms with Crippen LogP contribution in [0.5, 0.6) is 0 Å².